The van der Waals surface area contributed by atoms with Gasteiger partial charge in [0.2, 0.25) is 5.95 Å². The van der Waals surface area contributed by atoms with Crippen LogP contribution >= 0.6 is 0 Å². The highest BCUT2D eigenvalue weighted by molar-refractivity contribution is 6.04. The highest BCUT2D eigenvalue weighted by atomic mass is 16.5. The zero-order valence-corrected chi connectivity index (χ0v) is 13.2. The van der Waals surface area contributed by atoms with Crippen LogP contribution in [0.25, 0.3) is 0 Å². The minimum Gasteiger partial charge on any atom is -0.489 e. The van der Waals surface area contributed by atoms with Crippen LogP contribution in [-0.2, 0) is 0 Å². The summed E-state index contributed by atoms with van der Waals surface area (Å²) in [5.74, 6) is 0.944. The minimum absolute atomic E-state index is 0.0316. The Morgan fingerprint density at radius 1 is 1.22 bits per heavy atom. The molecule has 0 atom stereocenters. The summed E-state index contributed by atoms with van der Waals surface area (Å²) in [6, 6.07) is 7.83. The van der Waals surface area contributed by atoms with Crippen molar-refractivity contribution in [3.05, 3.63) is 42.2 Å². The van der Waals surface area contributed by atoms with Gasteiger partial charge in [0.05, 0.1) is 17.4 Å². The molecule has 1 aliphatic carbocycles. The summed E-state index contributed by atoms with van der Waals surface area (Å²) in [4.78, 5) is 20.7. The molecule has 3 rings (SSSR count). The molecule has 1 aromatic heterocycles. The number of nitrogens with one attached hydrogen (secondary N) is 2. The monoisotopic (exact) mass is 312 g/mol. The average molecular weight is 312 g/mol. The second kappa shape index (κ2) is 6.64. The molecule has 0 spiro atoms. The lowest BCUT2D eigenvalue weighted by atomic mass is 10.2. The molecule has 0 bridgehead atoms. The van der Waals surface area contributed by atoms with E-state index in [4.69, 9.17) is 4.74 Å². The number of para-hydroxylation sites is 2. The zero-order chi connectivity index (χ0) is 16.2. The standard InChI is InChI=1S/C17H20N4O2/c1-11(2)23-15-6-4-3-5-14(15)21-16(22)12-9-18-17(19-10-12)20-13-7-8-13/h3-6,9-11,13H,7-8H2,1-2H3,(H,21,22)(H,18,19,20). The number of rotatable bonds is 6. The van der Waals surface area contributed by atoms with E-state index in [0.29, 0.717) is 29.0 Å². The second-order valence-electron chi connectivity index (χ2n) is 5.83. The number of ether oxygens (including phenoxy) is 1. The molecule has 0 unspecified atom stereocenters. The van der Waals surface area contributed by atoms with Crippen LogP contribution in [0, 0.1) is 0 Å². The van der Waals surface area contributed by atoms with E-state index in [9.17, 15) is 4.79 Å². The van der Waals surface area contributed by atoms with Crippen molar-refractivity contribution in [2.75, 3.05) is 10.6 Å². The molecule has 6 heteroatoms. The van der Waals surface area contributed by atoms with Crippen molar-refractivity contribution in [2.45, 2.75) is 38.8 Å². The summed E-state index contributed by atoms with van der Waals surface area (Å²) in [5.41, 5.74) is 1.04. The highest BCUT2D eigenvalue weighted by Gasteiger charge is 2.22. The van der Waals surface area contributed by atoms with Crippen molar-refractivity contribution in [2.24, 2.45) is 0 Å². The van der Waals surface area contributed by atoms with Crippen molar-refractivity contribution in [1.82, 2.24) is 9.97 Å². The number of amides is 1. The molecule has 6 nitrogen and oxygen atoms in total. The number of nitrogens with zero attached hydrogens (tertiary/aromatic N) is 2. The van der Waals surface area contributed by atoms with E-state index >= 15 is 0 Å². The Morgan fingerprint density at radius 2 is 1.91 bits per heavy atom. The van der Waals surface area contributed by atoms with Crippen molar-refractivity contribution >= 4 is 17.5 Å². The smallest absolute Gasteiger partial charge is 0.258 e. The molecule has 1 fully saturated rings. The molecule has 2 N–H and O–H groups in total. The Kier molecular flexibility index (Phi) is 4.41. The number of hydrogen-bond acceptors (Lipinski definition) is 5. The molecule has 1 aromatic carbocycles. The van der Waals surface area contributed by atoms with Crippen molar-refractivity contribution < 1.29 is 9.53 Å². The van der Waals surface area contributed by atoms with E-state index in [0.717, 1.165) is 12.8 Å². The molecule has 1 amide bonds. The summed E-state index contributed by atoms with van der Waals surface area (Å²) < 4.78 is 5.70. The van der Waals surface area contributed by atoms with Crippen LogP contribution in [0.5, 0.6) is 5.75 Å². The van der Waals surface area contributed by atoms with Crippen LogP contribution in [0.2, 0.25) is 0 Å². The normalized spacial score (nSPS) is 13.7. The number of carbonyl (C=O) groups excluding carboxylic acids is 1. The lowest BCUT2D eigenvalue weighted by molar-refractivity contribution is 0.102. The van der Waals surface area contributed by atoms with Crippen molar-refractivity contribution in [1.29, 1.82) is 0 Å². The predicted octanol–water partition coefficient (Wildman–Crippen LogP) is 3.09. The molecule has 120 valence electrons. The molecule has 23 heavy (non-hydrogen) atoms. The number of hydrogen-bond donors (Lipinski definition) is 2. The van der Waals surface area contributed by atoms with Gasteiger partial charge in [0.15, 0.2) is 0 Å². The first-order valence-corrected chi connectivity index (χ1v) is 7.77. The first kappa shape index (κ1) is 15.3. The van der Waals surface area contributed by atoms with Gasteiger partial charge in [-0.2, -0.15) is 0 Å². The second-order valence-corrected chi connectivity index (χ2v) is 5.83. The Morgan fingerprint density at radius 3 is 2.57 bits per heavy atom. The summed E-state index contributed by atoms with van der Waals surface area (Å²) in [6.45, 7) is 3.88. The molecule has 2 aromatic rings. The van der Waals surface area contributed by atoms with Crippen LogP contribution in [-0.4, -0.2) is 28.0 Å². The lowest BCUT2D eigenvalue weighted by Crippen LogP contribution is -2.15. The summed E-state index contributed by atoms with van der Waals surface area (Å²) in [6.07, 6.45) is 5.39. The number of anilines is 2. The van der Waals surface area contributed by atoms with Gasteiger partial charge in [0, 0.05) is 18.4 Å². The fourth-order valence-electron chi connectivity index (χ4n) is 2.05. The third-order valence-corrected chi connectivity index (χ3v) is 3.32. The lowest BCUT2D eigenvalue weighted by Gasteiger charge is -2.14. The molecule has 1 saturated carbocycles. The third kappa shape index (κ3) is 4.18. The van der Waals surface area contributed by atoms with Crippen molar-refractivity contribution in [3.63, 3.8) is 0 Å². The Bertz CT molecular complexity index is 681. The molecular weight excluding hydrogens is 292 g/mol. The van der Waals surface area contributed by atoms with Crippen LogP contribution in [0.4, 0.5) is 11.6 Å². The molecular formula is C17H20N4O2. The SMILES string of the molecule is CC(C)Oc1ccccc1NC(=O)c1cnc(NC2CC2)nc1. The maximum absolute atomic E-state index is 12.3. The van der Waals surface area contributed by atoms with Gasteiger partial charge in [-0.3, -0.25) is 4.79 Å². The van der Waals surface area contributed by atoms with Crippen LogP contribution in [0.3, 0.4) is 0 Å². The van der Waals surface area contributed by atoms with Gasteiger partial charge in [-0.15, -0.1) is 0 Å². The maximum Gasteiger partial charge on any atom is 0.258 e. The average Bonchev–Trinajstić information content (AvgIpc) is 3.33. The summed E-state index contributed by atoms with van der Waals surface area (Å²) >= 11 is 0. The predicted molar refractivity (Wildman–Crippen MR) is 88.8 cm³/mol. The van der Waals surface area contributed by atoms with Crippen LogP contribution < -0.4 is 15.4 Å². The van der Waals surface area contributed by atoms with Gasteiger partial charge < -0.3 is 15.4 Å². The number of benzene rings is 1. The highest BCUT2D eigenvalue weighted by Crippen LogP contribution is 2.25. The molecule has 0 radical (unpaired) electrons. The molecule has 0 saturated heterocycles. The van der Waals surface area contributed by atoms with Gasteiger partial charge in [0.25, 0.3) is 5.91 Å². The van der Waals surface area contributed by atoms with Gasteiger partial charge in [-0.25, -0.2) is 9.97 Å². The van der Waals surface area contributed by atoms with Gasteiger partial charge in [-0.05, 0) is 38.8 Å². The Balaban J connectivity index is 1.68. The van der Waals surface area contributed by atoms with Gasteiger partial charge in [0.1, 0.15) is 5.75 Å². The van der Waals surface area contributed by atoms with E-state index in [1.165, 1.54) is 12.4 Å². The van der Waals surface area contributed by atoms with E-state index in [1.807, 2.05) is 32.0 Å². The topological polar surface area (TPSA) is 76.1 Å². The largest absolute Gasteiger partial charge is 0.489 e. The Hall–Kier alpha value is -2.63. The minimum atomic E-state index is -0.261. The quantitative estimate of drug-likeness (QED) is 0.857. The maximum atomic E-state index is 12.3. The molecule has 1 heterocycles. The summed E-state index contributed by atoms with van der Waals surface area (Å²) in [5, 5.41) is 6.03. The first-order chi connectivity index (χ1) is 11.1. The van der Waals surface area contributed by atoms with E-state index in [2.05, 4.69) is 20.6 Å². The van der Waals surface area contributed by atoms with Gasteiger partial charge in [-0.1, -0.05) is 12.1 Å². The molecule has 1 aliphatic rings. The Labute approximate surface area is 135 Å². The van der Waals surface area contributed by atoms with Crippen LogP contribution in [0.15, 0.2) is 36.7 Å². The van der Waals surface area contributed by atoms with Crippen LogP contribution in [0.1, 0.15) is 37.0 Å². The van der Waals surface area contributed by atoms with E-state index in [1.54, 1.807) is 6.07 Å². The molecule has 0 aliphatic heterocycles. The number of carbonyl (C=O) groups is 1. The fourth-order valence-corrected chi connectivity index (χ4v) is 2.05. The third-order valence-electron chi connectivity index (χ3n) is 3.32. The van der Waals surface area contributed by atoms with E-state index in [-0.39, 0.29) is 12.0 Å². The van der Waals surface area contributed by atoms with E-state index < -0.39 is 0 Å². The fraction of sp³-hybridized carbons (Fsp3) is 0.353. The first-order valence-electron chi connectivity index (χ1n) is 7.77. The van der Waals surface area contributed by atoms with Crippen molar-refractivity contribution in [3.8, 4) is 5.75 Å². The summed E-state index contributed by atoms with van der Waals surface area (Å²) in [7, 11) is 0. The van der Waals surface area contributed by atoms with Gasteiger partial charge >= 0.3 is 0 Å². The zero-order valence-electron chi connectivity index (χ0n) is 13.2. The number of aromatic nitrogens is 2.